The van der Waals surface area contributed by atoms with Gasteiger partial charge in [0.25, 0.3) is 0 Å². The zero-order chi connectivity index (χ0) is 11.6. The van der Waals surface area contributed by atoms with Gasteiger partial charge in [-0.2, -0.15) is 0 Å². The Bertz CT molecular complexity index is 317. The molecule has 1 fully saturated rings. The Morgan fingerprint density at radius 2 is 2.41 bits per heavy atom. The molecule has 0 radical (unpaired) electrons. The Morgan fingerprint density at radius 1 is 1.65 bits per heavy atom. The van der Waals surface area contributed by atoms with Gasteiger partial charge in [0.15, 0.2) is 0 Å². The molecule has 0 aromatic rings. The van der Waals surface area contributed by atoms with Gasteiger partial charge in [-0.1, -0.05) is 25.5 Å². The van der Waals surface area contributed by atoms with Crippen LogP contribution in [-0.4, -0.2) is 25.5 Å². The smallest absolute Gasteiger partial charge is 0.223 e. The second kappa shape index (κ2) is 5.87. The lowest BCUT2D eigenvalue weighted by Crippen LogP contribution is -2.31. The summed E-state index contributed by atoms with van der Waals surface area (Å²) in [4.78, 5) is 11.9. The summed E-state index contributed by atoms with van der Waals surface area (Å²) in [7, 11) is 0. The van der Waals surface area contributed by atoms with E-state index < -0.39 is 0 Å². The van der Waals surface area contributed by atoms with Crippen molar-refractivity contribution in [3.63, 3.8) is 0 Å². The zero-order valence-electron chi connectivity index (χ0n) is 10.7. The van der Waals surface area contributed by atoms with E-state index >= 15 is 0 Å². The zero-order valence-corrected chi connectivity index (χ0v) is 11.5. The van der Waals surface area contributed by atoms with Crippen molar-refractivity contribution < 1.29 is 4.79 Å². The highest BCUT2D eigenvalue weighted by molar-refractivity contribution is 5.85. The Balaban J connectivity index is 0.00000144. The summed E-state index contributed by atoms with van der Waals surface area (Å²) in [6, 6.07) is 0. The first-order chi connectivity index (χ1) is 7.65. The topological polar surface area (TPSA) is 41.1 Å². The van der Waals surface area contributed by atoms with E-state index in [1.165, 1.54) is 5.57 Å². The van der Waals surface area contributed by atoms with Crippen molar-refractivity contribution in [3.8, 4) is 0 Å². The van der Waals surface area contributed by atoms with Crippen LogP contribution in [0.25, 0.3) is 0 Å². The van der Waals surface area contributed by atoms with E-state index in [9.17, 15) is 4.79 Å². The Morgan fingerprint density at radius 3 is 2.94 bits per heavy atom. The predicted octanol–water partition coefficient (Wildman–Crippen LogP) is 1.88. The maximum Gasteiger partial charge on any atom is 0.223 e. The van der Waals surface area contributed by atoms with Crippen LogP contribution in [0.3, 0.4) is 0 Å². The van der Waals surface area contributed by atoms with Crippen LogP contribution in [0.4, 0.5) is 0 Å². The molecule has 0 aromatic heterocycles. The molecule has 3 nitrogen and oxygen atoms in total. The number of rotatable bonds is 4. The van der Waals surface area contributed by atoms with Crippen molar-refractivity contribution in [2.24, 2.45) is 11.3 Å². The number of hydrogen-bond acceptors (Lipinski definition) is 2. The number of halogens is 1. The summed E-state index contributed by atoms with van der Waals surface area (Å²) in [5.41, 5.74) is 1.65. The van der Waals surface area contributed by atoms with Crippen LogP contribution in [0.5, 0.6) is 0 Å². The summed E-state index contributed by atoms with van der Waals surface area (Å²) in [5.74, 6) is 0.517. The van der Waals surface area contributed by atoms with Crippen LogP contribution in [0.2, 0.25) is 0 Å². The largest absolute Gasteiger partial charge is 0.352 e. The molecule has 0 bridgehead atoms. The van der Waals surface area contributed by atoms with E-state index in [1.54, 1.807) is 0 Å². The van der Waals surface area contributed by atoms with Crippen molar-refractivity contribution in [2.75, 3.05) is 19.6 Å². The Hall–Kier alpha value is -0.540. The van der Waals surface area contributed by atoms with E-state index in [0.717, 1.165) is 38.9 Å². The first-order valence-corrected chi connectivity index (χ1v) is 6.32. The van der Waals surface area contributed by atoms with Gasteiger partial charge in [-0.25, -0.2) is 0 Å². The summed E-state index contributed by atoms with van der Waals surface area (Å²) < 4.78 is 0. The van der Waals surface area contributed by atoms with Gasteiger partial charge in [0.05, 0.1) is 0 Å². The standard InChI is InChI=1S/C13H22N2O.ClH/c1-3-13(2)8-11(13)12(16)15-9-10-4-6-14-7-5-10;/h4,11,14H,3,5-9H2,1-2H3,(H,15,16);1H. The van der Waals surface area contributed by atoms with Crippen LogP contribution >= 0.6 is 12.4 Å². The minimum absolute atomic E-state index is 0. The lowest BCUT2D eigenvalue weighted by Gasteiger charge is -2.15. The fourth-order valence-electron chi connectivity index (χ4n) is 2.36. The molecule has 1 heterocycles. The van der Waals surface area contributed by atoms with Gasteiger partial charge in [0.1, 0.15) is 0 Å². The quantitative estimate of drug-likeness (QED) is 0.756. The number of carbonyl (C=O) groups is 1. The third-order valence-corrected chi connectivity index (χ3v) is 4.12. The molecule has 2 aliphatic rings. The van der Waals surface area contributed by atoms with Gasteiger partial charge in [-0.3, -0.25) is 4.79 Å². The van der Waals surface area contributed by atoms with Gasteiger partial charge in [-0.15, -0.1) is 12.4 Å². The molecule has 2 rings (SSSR count). The van der Waals surface area contributed by atoms with Crippen molar-refractivity contribution in [1.29, 1.82) is 0 Å². The van der Waals surface area contributed by atoms with E-state index in [2.05, 4.69) is 30.6 Å². The number of nitrogens with one attached hydrogen (secondary N) is 2. The summed E-state index contributed by atoms with van der Waals surface area (Å²) in [6.07, 6.45) is 5.43. The highest BCUT2D eigenvalue weighted by atomic mass is 35.5. The molecular formula is C13H23ClN2O. The molecule has 4 heteroatoms. The molecule has 0 saturated heterocycles. The molecular weight excluding hydrogens is 236 g/mol. The Kier molecular flexibility index (Phi) is 5.02. The molecule has 0 aromatic carbocycles. The molecule has 0 spiro atoms. The summed E-state index contributed by atoms with van der Waals surface area (Å²) in [6.45, 7) is 7.11. The number of carbonyl (C=O) groups excluding carboxylic acids is 1. The molecule has 1 aliphatic carbocycles. The normalized spacial score (nSPS) is 31.2. The number of amides is 1. The molecule has 2 atom stereocenters. The maximum atomic E-state index is 11.9. The third kappa shape index (κ3) is 3.46. The molecule has 2 N–H and O–H groups in total. The van der Waals surface area contributed by atoms with Gasteiger partial charge in [0.2, 0.25) is 5.91 Å². The minimum atomic E-state index is 0. The van der Waals surface area contributed by atoms with Crippen molar-refractivity contribution in [1.82, 2.24) is 10.6 Å². The van der Waals surface area contributed by atoms with Crippen molar-refractivity contribution in [2.45, 2.75) is 33.1 Å². The fraction of sp³-hybridized carbons (Fsp3) is 0.769. The molecule has 1 aliphatic heterocycles. The lowest BCUT2D eigenvalue weighted by atomic mass is 10.0. The van der Waals surface area contributed by atoms with Gasteiger partial charge in [0, 0.05) is 19.0 Å². The van der Waals surface area contributed by atoms with E-state index in [-0.39, 0.29) is 29.6 Å². The first kappa shape index (κ1) is 14.5. The van der Waals surface area contributed by atoms with Crippen LogP contribution in [0.15, 0.2) is 11.6 Å². The SMILES string of the molecule is CCC1(C)CC1C(=O)NCC1=CCNCC1.Cl. The predicted molar refractivity (Wildman–Crippen MR) is 72.3 cm³/mol. The number of hydrogen-bond donors (Lipinski definition) is 2. The van der Waals surface area contributed by atoms with E-state index in [0.29, 0.717) is 0 Å². The van der Waals surface area contributed by atoms with E-state index in [1.807, 2.05) is 0 Å². The van der Waals surface area contributed by atoms with Gasteiger partial charge < -0.3 is 10.6 Å². The van der Waals surface area contributed by atoms with E-state index in [4.69, 9.17) is 0 Å². The highest BCUT2D eigenvalue weighted by Crippen LogP contribution is 2.54. The summed E-state index contributed by atoms with van der Waals surface area (Å²) >= 11 is 0. The monoisotopic (exact) mass is 258 g/mol. The molecule has 2 unspecified atom stereocenters. The second-order valence-electron chi connectivity index (χ2n) is 5.30. The first-order valence-electron chi connectivity index (χ1n) is 6.32. The average molecular weight is 259 g/mol. The molecule has 1 saturated carbocycles. The van der Waals surface area contributed by atoms with Gasteiger partial charge in [-0.05, 0) is 31.2 Å². The summed E-state index contributed by atoms with van der Waals surface area (Å²) in [5, 5.41) is 6.34. The van der Waals surface area contributed by atoms with Gasteiger partial charge >= 0.3 is 0 Å². The van der Waals surface area contributed by atoms with Crippen molar-refractivity contribution >= 4 is 18.3 Å². The van der Waals surface area contributed by atoms with Crippen LogP contribution in [0, 0.1) is 11.3 Å². The second-order valence-corrected chi connectivity index (χ2v) is 5.30. The third-order valence-electron chi connectivity index (χ3n) is 4.12. The molecule has 98 valence electrons. The minimum Gasteiger partial charge on any atom is -0.352 e. The lowest BCUT2D eigenvalue weighted by molar-refractivity contribution is -0.122. The van der Waals surface area contributed by atoms with Crippen molar-refractivity contribution in [3.05, 3.63) is 11.6 Å². The average Bonchev–Trinajstić information content (AvgIpc) is 3.01. The van der Waals surface area contributed by atoms with Crippen LogP contribution < -0.4 is 10.6 Å². The van der Waals surface area contributed by atoms with Crippen LogP contribution in [-0.2, 0) is 4.79 Å². The molecule has 1 amide bonds. The molecule has 17 heavy (non-hydrogen) atoms. The van der Waals surface area contributed by atoms with Crippen LogP contribution in [0.1, 0.15) is 33.1 Å². The fourth-order valence-corrected chi connectivity index (χ4v) is 2.36. The highest BCUT2D eigenvalue weighted by Gasteiger charge is 2.52. The maximum absolute atomic E-state index is 11.9. The Labute approximate surface area is 110 Å².